The summed E-state index contributed by atoms with van der Waals surface area (Å²) in [5.41, 5.74) is 0.675. The molecule has 0 spiro atoms. The lowest BCUT2D eigenvalue weighted by Gasteiger charge is -2.12. The van der Waals surface area contributed by atoms with Gasteiger partial charge in [0.15, 0.2) is 11.5 Å². The maximum atomic E-state index is 10.8. The molecule has 0 aliphatic carbocycles. The van der Waals surface area contributed by atoms with Gasteiger partial charge >= 0.3 is 0 Å². The van der Waals surface area contributed by atoms with Crippen LogP contribution < -0.4 is 20.1 Å². The lowest BCUT2D eigenvalue weighted by molar-refractivity contribution is -0.118. The number of rotatable bonds is 6. The van der Waals surface area contributed by atoms with Crippen LogP contribution >= 0.6 is 0 Å². The molecule has 1 aromatic carbocycles. The first kappa shape index (κ1) is 14.8. The van der Waals surface area contributed by atoms with Crippen molar-refractivity contribution in [3.63, 3.8) is 0 Å². The summed E-state index contributed by atoms with van der Waals surface area (Å²) >= 11 is 0. The molecule has 0 fully saturated rings. The van der Waals surface area contributed by atoms with E-state index in [-0.39, 0.29) is 5.91 Å². The molecule has 7 nitrogen and oxygen atoms in total. The number of hydrogen-bond donors (Lipinski definition) is 2. The summed E-state index contributed by atoms with van der Waals surface area (Å²) < 4.78 is 10.6. The maximum absolute atomic E-state index is 10.8. The van der Waals surface area contributed by atoms with Crippen LogP contribution in [0.5, 0.6) is 11.5 Å². The van der Waals surface area contributed by atoms with Crippen LogP contribution in [0.15, 0.2) is 18.5 Å². The van der Waals surface area contributed by atoms with Crippen molar-refractivity contribution in [1.29, 1.82) is 0 Å². The Hall–Kier alpha value is -2.57. The second kappa shape index (κ2) is 6.74. The van der Waals surface area contributed by atoms with Crippen molar-refractivity contribution in [2.45, 2.75) is 6.92 Å². The molecule has 0 unspecified atom stereocenters. The van der Waals surface area contributed by atoms with E-state index < -0.39 is 0 Å². The van der Waals surface area contributed by atoms with Gasteiger partial charge in [0.1, 0.15) is 17.7 Å². The average Bonchev–Trinajstić information content (AvgIpc) is 2.50. The van der Waals surface area contributed by atoms with E-state index in [0.717, 1.165) is 5.39 Å². The molecule has 0 aliphatic heterocycles. The molecule has 7 heteroatoms. The number of nitrogens with zero attached hydrogens (tertiary/aromatic N) is 2. The fourth-order valence-electron chi connectivity index (χ4n) is 2.00. The summed E-state index contributed by atoms with van der Waals surface area (Å²) in [6.07, 6.45) is 1.46. The summed E-state index contributed by atoms with van der Waals surface area (Å²) in [5.74, 6) is 1.82. The van der Waals surface area contributed by atoms with E-state index in [9.17, 15) is 4.79 Å². The molecule has 0 bridgehead atoms. The van der Waals surface area contributed by atoms with Crippen LogP contribution in [0.2, 0.25) is 0 Å². The molecule has 0 atom stereocenters. The summed E-state index contributed by atoms with van der Waals surface area (Å²) in [5, 5.41) is 6.72. The second-order valence-electron chi connectivity index (χ2n) is 4.33. The molecule has 2 aromatic rings. The number of carbonyl (C=O) groups is 1. The highest BCUT2D eigenvalue weighted by Crippen LogP contribution is 2.35. The molecule has 2 N–H and O–H groups in total. The van der Waals surface area contributed by atoms with E-state index in [4.69, 9.17) is 9.47 Å². The van der Waals surface area contributed by atoms with Crippen molar-refractivity contribution < 1.29 is 14.3 Å². The van der Waals surface area contributed by atoms with Gasteiger partial charge in [0.05, 0.1) is 14.2 Å². The number of fused-ring (bicyclic) bond motifs is 1. The van der Waals surface area contributed by atoms with E-state index in [2.05, 4.69) is 20.6 Å². The highest BCUT2D eigenvalue weighted by atomic mass is 16.5. The quantitative estimate of drug-likeness (QED) is 0.777. The zero-order valence-corrected chi connectivity index (χ0v) is 12.3. The molecule has 1 heterocycles. The molecule has 112 valence electrons. The number of benzene rings is 1. The SMILES string of the molecule is COc1ccc2c(NCCNC(C)=O)ncnc2c1OC. The highest BCUT2D eigenvalue weighted by Gasteiger charge is 2.13. The monoisotopic (exact) mass is 290 g/mol. The Bertz CT molecular complexity index is 645. The van der Waals surface area contributed by atoms with Crippen molar-refractivity contribution in [3.8, 4) is 11.5 Å². The van der Waals surface area contributed by atoms with Crippen molar-refractivity contribution >= 4 is 22.6 Å². The summed E-state index contributed by atoms with van der Waals surface area (Å²) in [7, 11) is 3.15. The highest BCUT2D eigenvalue weighted by molar-refractivity contribution is 5.94. The molecule has 1 aromatic heterocycles. The normalized spacial score (nSPS) is 10.2. The van der Waals surface area contributed by atoms with Gasteiger partial charge in [-0.25, -0.2) is 9.97 Å². The van der Waals surface area contributed by atoms with Crippen molar-refractivity contribution in [2.75, 3.05) is 32.6 Å². The largest absolute Gasteiger partial charge is 0.493 e. The van der Waals surface area contributed by atoms with Gasteiger partial charge in [-0.05, 0) is 12.1 Å². The fraction of sp³-hybridized carbons (Fsp3) is 0.357. The summed E-state index contributed by atoms with van der Waals surface area (Å²) in [6, 6.07) is 3.68. The molecule has 2 rings (SSSR count). The first-order valence-corrected chi connectivity index (χ1v) is 6.51. The minimum Gasteiger partial charge on any atom is -0.493 e. The van der Waals surface area contributed by atoms with Crippen LogP contribution in [-0.4, -0.2) is 43.2 Å². The molecule has 0 aliphatic rings. The fourth-order valence-corrected chi connectivity index (χ4v) is 2.00. The van der Waals surface area contributed by atoms with E-state index in [1.165, 1.54) is 13.3 Å². The Morgan fingerprint density at radius 1 is 1.19 bits per heavy atom. The van der Waals surface area contributed by atoms with Crippen LogP contribution in [0, 0.1) is 0 Å². The lowest BCUT2D eigenvalue weighted by atomic mass is 10.2. The number of hydrogen-bond acceptors (Lipinski definition) is 6. The molecule has 21 heavy (non-hydrogen) atoms. The van der Waals surface area contributed by atoms with Crippen LogP contribution in [0.1, 0.15) is 6.92 Å². The molecule has 1 amide bonds. The zero-order valence-electron chi connectivity index (χ0n) is 12.3. The van der Waals surface area contributed by atoms with Gasteiger partial charge in [0.2, 0.25) is 5.91 Å². The van der Waals surface area contributed by atoms with Gasteiger partial charge in [-0.1, -0.05) is 0 Å². The predicted molar refractivity (Wildman–Crippen MR) is 79.8 cm³/mol. The molecular weight excluding hydrogens is 272 g/mol. The van der Waals surface area contributed by atoms with Gasteiger partial charge in [-0.15, -0.1) is 0 Å². The standard InChI is InChI=1S/C14H18N4O3/c1-9(19)15-6-7-16-14-10-4-5-11(20-2)13(21-3)12(10)17-8-18-14/h4-5,8H,6-7H2,1-3H3,(H,15,19)(H,16,17,18). The Morgan fingerprint density at radius 3 is 2.67 bits per heavy atom. The van der Waals surface area contributed by atoms with Gasteiger partial charge < -0.3 is 20.1 Å². The topological polar surface area (TPSA) is 85.4 Å². The maximum Gasteiger partial charge on any atom is 0.216 e. The van der Waals surface area contributed by atoms with E-state index in [1.807, 2.05) is 12.1 Å². The van der Waals surface area contributed by atoms with Crippen LogP contribution in [0.3, 0.4) is 0 Å². The number of nitrogens with one attached hydrogen (secondary N) is 2. The van der Waals surface area contributed by atoms with Gasteiger partial charge in [0.25, 0.3) is 0 Å². The number of methoxy groups -OCH3 is 2. The Kier molecular flexibility index (Phi) is 4.76. The minimum absolute atomic E-state index is 0.0595. The number of anilines is 1. The molecule has 0 radical (unpaired) electrons. The molecule has 0 saturated heterocycles. The number of ether oxygens (including phenoxy) is 2. The summed E-state index contributed by atoms with van der Waals surface area (Å²) in [6.45, 7) is 2.57. The summed E-state index contributed by atoms with van der Waals surface area (Å²) in [4.78, 5) is 19.3. The third-order valence-corrected chi connectivity index (χ3v) is 2.94. The Morgan fingerprint density at radius 2 is 2.00 bits per heavy atom. The zero-order chi connectivity index (χ0) is 15.2. The van der Waals surface area contributed by atoms with Gasteiger partial charge in [0, 0.05) is 25.4 Å². The lowest BCUT2D eigenvalue weighted by Crippen LogP contribution is -2.26. The molecular formula is C14H18N4O3. The first-order valence-electron chi connectivity index (χ1n) is 6.51. The third-order valence-electron chi connectivity index (χ3n) is 2.94. The van der Waals surface area contributed by atoms with E-state index in [0.29, 0.717) is 35.9 Å². The van der Waals surface area contributed by atoms with Crippen molar-refractivity contribution in [2.24, 2.45) is 0 Å². The first-order chi connectivity index (χ1) is 10.2. The minimum atomic E-state index is -0.0595. The second-order valence-corrected chi connectivity index (χ2v) is 4.33. The Balaban J connectivity index is 2.27. The van der Waals surface area contributed by atoms with Gasteiger partial charge in [-0.3, -0.25) is 4.79 Å². The van der Waals surface area contributed by atoms with E-state index >= 15 is 0 Å². The van der Waals surface area contributed by atoms with Crippen LogP contribution in [0.25, 0.3) is 10.9 Å². The molecule has 0 saturated carbocycles. The average molecular weight is 290 g/mol. The number of aromatic nitrogens is 2. The van der Waals surface area contributed by atoms with Crippen molar-refractivity contribution in [3.05, 3.63) is 18.5 Å². The van der Waals surface area contributed by atoms with Crippen LogP contribution in [-0.2, 0) is 4.79 Å². The Labute approximate surface area is 122 Å². The third kappa shape index (κ3) is 3.31. The van der Waals surface area contributed by atoms with Crippen LogP contribution in [0.4, 0.5) is 5.82 Å². The smallest absolute Gasteiger partial charge is 0.216 e. The van der Waals surface area contributed by atoms with Gasteiger partial charge in [-0.2, -0.15) is 0 Å². The number of carbonyl (C=O) groups excluding carboxylic acids is 1. The van der Waals surface area contributed by atoms with Crippen molar-refractivity contribution in [1.82, 2.24) is 15.3 Å². The van der Waals surface area contributed by atoms with E-state index in [1.54, 1.807) is 14.2 Å². The predicted octanol–water partition coefficient (Wildman–Crippen LogP) is 1.19. The number of amides is 1.